The molecule has 0 saturated heterocycles. The third kappa shape index (κ3) is 2.69. The second-order valence-electron chi connectivity index (χ2n) is 3.27. The number of rotatable bonds is 2. The van der Waals surface area contributed by atoms with Gasteiger partial charge in [0, 0.05) is 0 Å². The van der Waals surface area contributed by atoms with Crippen LogP contribution in [0.2, 0.25) is 0 Å². The molecular formula is C10H12I4-2. The van der Waals surface area contributed by atoms with Crippen molar-refractivity contribution in [2.75, 3.05) is 0 Å². The Bertz CT molecular complexity index is 327. The van der Waals surface area contributed by atoms with Gasteiger partial charge in [-0.05, 0) is 0 Å². The summed E-state index contributed by atoms with van der Waals surface area (Å²) in [5.74, 6) is 0. The molecule has 0 aromatic heterocycles. The van der Waals surface area contributed by atoms with Crippen LogP contribution in [0.25, 0.3) is 0 Å². The van der Waals surface area contributed by atoms with Gasteiger partial charge in [-0.15, -0.1) is 0 Å². The molecule has 4 heteroatoms. The van der Waals surface area contributed by atoms with E-state index in [1.54, 1.807) is 23.8 Å². The molecule has 0 aliphatic heterocycles. The quantitative estimate of drug-likeness (QED) is 0.334. The molecule has 0 fully saturated rings. The van der Waals surface area contributed by atoms with E-state index >= 15 is 0 Å². The first kappa shape index (κ1) is 14.2. The van der Waals surface area contributed by atoms with Crippen LogP contribution in [0.4, 0.5) is 0 Å². The summed E-state index contributed by atoms with van der Waals surface area (Å²) in [4.78, 5) is 0. The van der Waals surface area contributed by atoms with Crippen LogP contribution in [0.1, 0.15) is 22.3 Å². The average Bonchev–Trinajstić information content (AvgIpc) is 2.16. The van der Waals surface area contributed by atoms with Gasteiger partial charge in [-0.3, -0.25) is 0 Å². The molecule has 1 aromatic rings. The van der Waals surface area contributed by atoms with E-state index in [2.05, 4.69) is 64.9 Å². The fourth-order valence-corrected chi connectivity index (χ4v) is 12.8. The molecule has 82 valence electrons. The summed E-state index contributed by atoms with van der Waals surface area (Å²) in [6.45, 7) is 9.18. The molecule has 0 N–H and O–H groups in total. The van der Waals surface area contributed by atoms with Crippen LogP contribution in [0.3, 0.4) is 0 Å². The fraction of sp³-hybridized carbons (Fsp3) is 0.400. The van der Waals surface area contributed by atoms with E-state index in [4.69, 9.17) is 0 Å². The van der Waals surface area contributed by atoms with Crippen molar-refractivity contribution in [2.24, 2.45) is 0 Å². The fourth-order valence-electron chi connectivity index (χ4n) is 1.48. The van der Waals surface area contributed by atoms with Crippen molar-refractivity contribution in [3.05, 3.63) is 29.4 Å². The van der Waals surface area contributed by atoms with Crippen molar-refractivity contribution in [2.45, 2.75) is 27.7 Å². The predicted molar refractivity (Wildman–Crippen MR) is 70.8 cm³/mol. The SMILES string of the molecule is Cc1c(C)c([I-]I)c(C)c([I-]I)c1C. The van der Waals surface area contributed by atoms with Gasteiger partial charge in [0.15, 0.2) is 0 Å². The van der Waals surface area contributed by atoms with Crippen LogP contribution in [-0.2, 0) is 0 Å². The van der Waals surface area contributed by atoms with Gasteiger partial charge in [0.05, 0.1) is 0 Å². The van der Waals surface area contributed by atoms with E-state index in [0.29, 0.717) is 0 Å². The van der Waals surface area contributed by atoms with Crippen LogP contribution in [-0.4, -0.2) is 0 Å². The summed E-state index contributed by atoms with van der Waals surface area (Å²) < 4.78 is 3.36. The zero-order valence-corrected chi connectivity index (χ0v) is 17.1. The Labute approximate surface area is 126 Å². The normalized spacial score (nSPS) is 11.3. The van der Waals surface area contributed by atoms with Crippen LogP contribution in [0.5, 0.6) is 0 Å². The molecule has 0 unspecified atom stereocenters. The van der Waals surface area contributed by atoms with E-state index in [9.17, 15) is 0 Å². The number of hydrogen-bond donors (Lipinski definition) is 0. The molecule has 0 spiro atoms. The Kier molecular flexibility index (Phi) is 6.26. The topological polar surface area (TPSA) is 0 Å². The first-order chi connectivity index (χ1) is 6.54. The van der Waals surface area contributed by atoms with Gasteiger partial charge in [-0.25, -0.2) is 0 Å². The van der Waals surface area contributed by atoms with Gasteiger partial charge in [0.1, 0.15) is 0 Å². The van der Waals surface area contributed by atoms with Gasteiger partial charge in [-0.1, -0.05) is 0 Å². The van der Waals surface area contributed by atoms with E-state index in [1.165, 1.54) is 5.56 Å². The summed E-state index contributed by atoms with van der Waals surface area (Å²) in [5, 5.41) is 0. The van der Waals surface area contributed by atoms with Crippen molar-refractivity contribution >= 4 is 37.2 Å². The van der Waals surface area contributed by atoms with Crippen molar-refractivity contribution in [1.82, 2.24) is 0 Å². The molecule has 0 bridgehead atoms. The van der Waals surface area contributed by atoms with Crippen molar-refractivity contribution in [3.63, 3.8) is 0 Å². The molecule has 0 radical (unpaired) electrons. The van der Waals surface area contributed by atoms with E-state index in [1.807, 2.05) is 0 Å². The molecule has 1 rings (SSSR count). The maximum atomic E-state index is 2.59. The molecule has 1 aromatic carbocycles. The molecule has 0 aliphatic carbocycles. The third-order valence-electron chi connectivity index (χ3n) is 2.58. The molecule has 0 amide bonds. The zero-order valence-electron chi connectivity index (χ0n) is 8.51. The average molecular weight is 640 g/mol. The van der Waals surface area contributed by atoms with Crippen molar-refractivity contribution in [1.29, 1.82) is 0 Å². The second-order valence-corrected chi connectivity index (χ2v) is 11.7. The number of benzene rings is 1. The van der Waals surface area contributed by atoms with Gasteiger partial charge in [0.25, 0.3) is 0 Å². The Balaban J connectivity index is 3.56. The monoisotopic (exact) mass is 640 g/mol. The van der Waals surface area contributed by atoms with Crippen molar-refractivity contribution < 1.29 is 34.5 Å². The van der Waals surface area contributed by atoms with E-state index in [0.717, 1.165) is 0 Å². The van der Waals surface area contributed by atoms with E-state index in [-0.39, 0.29) is 34.5 Å². The third-order valence-corrected chi connectivity index (χ3v) is 12.1. The number of halogens is 4. The molecule has 0 heterocycles. The molecule has 0 nitrogen and oxygen atoms in total. The minimum absolute atomic E-state index is 0.198. The molecule has 14 heavy (non-hydrogen) atoms. The van der Waals surface area contributed by atoms with Crippen LogP contribution < -0.4 is 34.5 Å². The van der Waals surface area contributed by atoms with Crippen molar-refractivity contribution in [3.8, 4) is 0 Å². The number of hydrogen-bond acceptors (Lipinski definition) is 0. The summed E-state index contributed by atoms with van der Waals surface area (Å²) in [6.07, 6.45) is 0. The Morgan fingerprint density at radius 1 is 0.643 bits per heavy atom. The van der Waals surface area contributed by atoms with Gasteiger partial charge in [-0.2, -0.15) is 0 Å². The van der Waals surface area contributed by atoms with Gasteiger partial charge < -0.3 is 0 Å². The second kappa shape index (κ2) is 6.18. The van der Waals surface area contributed by atoms with Crippen LogP contribution in [0.15, 0.2) is 0 Å². The maximum absolute atomic E-state index is 2.59. The Morgan fingerprint density at radius 2 is 1.00 bits per heavy atom. The first-order valence-electron chi connectivity index (χ1n) is 4.16. The molecule has 0 atom stereocenters. The summed E-state index contributed by atoms with van der Waals surface area (Å²) >= 11 is 5.57. The van der Waals surface area contributed by atoms with Crippen LogP contribution in [0, 0.1) is 34.8 Å². The summed E-state index contributed by atoms with van der Waals surface area (Å²) in [7, 11) is 0. The predicted octanol–water partition coefficient (Wildman–Crippen LogP) is -1.86. The first-order valence-corrected chi connectivity index (χ1v) is 18.9. The summed E-state index contributed by atoms with van der Waals surface area (Å²) in [5.41, 5.74) is 6.25. The summed E-state index contributed by atoms with van der Waals surface area (Å²) in [6, 6.07) is 0. The van der Waals surface area contributed by atoms with Gasteiger partial charge in [0.2, 0.25) is 0 Å². The van der Waals surface area contributed by atoms with Gasteiger partial charge >= 0.3 is 129 Å². The van der Waals surface area contributed by atoms with Crippen LogP contribution >= 0.6 is 37.2 Å². The van der Waals surface area contributed by atoms with E-state index < -0.39 is 0 Å². The Hall–Kier alpha value is 2.14. The minimum atomic E-state index is 0.198. The zero-order chi connectivity index (χ0) is 10.9. The standard InChI is InChI=1S/C10H12I4/c1-5-6(2)9(13-11)8(4)10(14-12)7(5)3/h1-4H3/q-2. The molecular weight excluding hydrogens is 628 g/mol. The Morgan fingerprint density at radius 3 is 1.29 bits per heavy atom. The molecule has 0 aliphatic rings. The molecule has 0 saturated carbocycles.